The summed E-state index contributed by atoms with van der Waals surface area (Å²) in [7, 11) is 1.39. The minimum atomic E-state index is -0.334. The maximum Gasteiger partial charge on any atom is 0.339 e. The number of pyridine rings is 1. The number of carbonyl (C=O) groups is 1. The van der Waals surface area contributed by atoms with Crippen LogP contribution in [0.3, 0.4) is 0 Å². The van der Waals surface area contributed by atoms with E-state index in [4.69, 9.17) is 4.74 Å². The summed E-state index contributed by atoms with van der Waals surface area (Å²) in [4.78, 5) is 16.6. The Morgan fingerprint density at radius 3 is 2.70 bits per heavy atom. The predicted molar refractivity (Wildman–Crippen MR) is 98.8 cm³/mol. The first-order valence-electron chi connectivity index (χ1n) is 8.82. The molecule has 1 aliphatic rings. The Kier molecular flexibility index (Phi) is 4.53. The Hall–Kier alpha value is -3.29. The summed E-state index contributed by atoms with van der Waals surface area (Å²) in [6.45, 7) is 2.42. The fourth-order valence-corrected chi connectivity index (χ4v) is 2.83. The number of nitrogens with zero attached hydrogens (tertiary/aromatic N) is 5. The van der Waals surface area contributed by atoms with E-state index in [2.05, 4.69) is 25.6 Å². The van der Waals surface area contributed by atoms with Gasteiger partial charge in [-0.05, 0) is 50.1 Å². The standard InChI is InChI=1S/C19H20N6O2/c1-12-9-10-25(24-12)17-8-7-16(22-23-17)20-11-14-5-6-15(19(26)27-2)18(21-14)13-3-4-13/h5-10,13H,3-4,11H2,1-2H3,(H,20,22). The lowest BCUT2D eigenvalue weighted by Gasteiger charge is -2.10. The van der Waals surface area contributed by atoms with Crippen molar-refractivity contribution in [1.29, 1.82) is 0 Å². The van der Waals surface area contributed by atoms with Crippen LogP contribution < -0.4 is 5.32 Å². The lowest BCUT2D eigenvalue weighted by atomic mass is 10.1. The van der Waals surface area contributed by atoms with Crippen LogP contribution in [0.2, 0.25) is 0 Å². The molecule has 3 aromatic heterocycles. The number of ether oxygens (including phenoxy) is 1. The van der Waals surface area contributed by atoms with E-state index in [0.29, 0.717) is 29.7 Å². The predicted octanol–water partition coefficient (Wildman–Crippen LogP) is 2.64. The Labute approximate surface area is 156 Å². The first-order valence-corrected chi connectivity index (χ1v) is 8.82. The van der Waals surface area contributed by atoms with Crippen molar-refractivity contribution >= 4 is 11.8 Å². The lowest BCUT2D eigenvalue weighted by Crippen LogP contribution is -2.11. The van der Waals surface area contributed by atoms with Crippen LogP contribution in [-0.4, -0.2) is 38.0 Å². The second-order valence-corrected chi connectivity index (χ2v) is 6.53. The summed E-state index contributed by atoms with van der Waals surface area (Å²) in [6, 6.07) is 9.24. The monoisotopic (exact) mass is 364 g/mol. The Morgan fingerprint density at radius 1 is 1.22 bits per heavy atom. The highest BCUT2D eigenvalue weighted by atomic mass is 16.5. The molecule has 0 amide bonds. The van der Waals surface area contributed by atoms with Crippen LogP contribution in [0.15, 0.2) is 36.5 Å². The molecule has 1 saturated carbocycles. The normalized spacial score (nSPS) is 13.4. The number of aryl methyl sites for hydroxylation is 1. The highest BCUT2D eigenvalue weighted by molar-refractivity contribution is 5.90. The molecular weight excluding hydrogens is 344 g/mol. The molecule has 0 spiro atoms. The molecule has 0 aromatic carbocycles. The molecule has 1 fully saturated rings. The number of carbonyl (C=O) groups excluding carboxylic acids is 1. The van der Waals surface area contributed by atoms with Crippen LogP contribution in [0, 0.1) is 6.92 Å². The minimum absolute atomic E-state index is 0.334. The zero-order valence-corrected chi connectivity index (χ0v) is 15.2. The molecule has 1 aliphatic carbocycles. The SMILES string of the molecule is COC(=O)c1ccc(CNc2ccc(-n3ccc(C)n3)nn2)nc1C1CC1. The molecule has 8 heteroatoms. The fraction of sp³-hybridized carbons (Fsp3) is 0.316. The van der Waals surface area contributed by atoms with Gasteiger partial charge in [0, 0.05) is 12.1 Å². The lowest BCUT2D eigenvalue weighted by molar-refractivity contribution is 0.0598. The number of hydrogen-bond donors (Lipinski definition) is 1. The molecule has 0 atom stereocenters. The maximum absolute atomic E-state index is 11.9. The van der Waals surface area contributed by atoms with Gasteiger partial charge in [0.05, 0.1) is 36.3 Å². The van der Waals surface area contributed by atoms with Gasteiger partial charge in [-0.3, -0.25) is 4.98 Å². The quantitative estimate of drug-likeness (QED) is 0.672. The molecule has 8 nitrogen and oxygen atoms in total. The molecule has 0 unspecified atom stereocenters. The molecule has 3 heterocycles. The largest absolute Gasteiger partial charge is 0.465 e. The molecule has 27 heavy (non-hydrogen) atoms. The van der Waals surface area contributed by atoms with Gasteiger partial charge < -0.3 is 10.1 Å². The summed E-state index contributed by atoms with van der Waals surface area (Å²) in [5.41, 5.74) is 3.16. The summed E-state index contributed by atoms with van der Waals surface area (Å²) in [6.07, 6.45) is 3.97. The number of nitrogens with one attached hydrogen (secondary N) is 1. The number of anilines is 1. The van der Waals surface area contributed by atoms with E-state index in [1.165, 1.54) is 7.11 Å². The smallest absolute Gasteiger partial charge is 0.339 e. The van der Waals surface area contributed by atoms with Crippen LogP contribution in [0.1, 0.15) is 46.2 Å². The van der Waals surface area contributed by atoms with Gasteiger partial charge in [-0.25, -0.2) is 9.48 Å². The molecule has 0 aliphatic heterocycles. The van der Waals surface area contributed by atoms with Crippen LogP contribution >= 0.6 is 0 Å². The van der Waals surface area contributed by atoms with E-state index in [9.17, 15) is 4.79 Å². The summed E-state index contributed by atoms with van der Waals surface area (Å²) >= 11 is 0. The highest BCUT2D eigenvalue weighted by Crippen LogP contribution is 2.40. The minimum Gasteiger partial charge on any atom is -0.465 e. The van der Waals surface area contributed by atoms with Crippen molar-refractivity contribution in [2.45, 2.75) is 32.2 Å². The van der Waals surface area contributed by atoms with Crippen molar-refractivity contribution in [3.8, 4) is 5.82 Å². The van der Waals surface area contributed by atoms with E-state index in [-0.39, 0.29) is 5.97 Å². The molecular formula is C19H20N6O2. The van der Waals surface area contributed by atoms with E-state index >= 15 is 0 Å². The van der Waals surface area contributed by atoms with E-state index in [1.54, 1.807) is 10.7 Å². The van der Waals surface area contributed by atoms with Gasteiger partial charge >= 0.3 is 5.97 Å². The van der Waals surface area contributed by atoms with E-state index in [0.717, 1.165) is 29.9 Å². The second-order valence-electron chi connectivity index (χ2n) is 6.53. The molecule has 3 aromatic rings. The van der Waals surface area contributed by atoms with Crippen molar-refractivity contribution in [3.63, 3.8) is 0 Å². The summed E-state index contributed by atoms with van der Waals surface area (Å²) in [5, 5.41) is 15.9. The third-order valence-corrected chi connectivity index (χ3v) is 4.41. The molecule has 0 saturated heterocycles. The van der Waals surface area contributed by atoms with Gasteiger partial charge in [-0.2, -0.15) is 5.10 Å². The Balaban J connectivity index is 1.45. The average molecular weight is 364 g/mol. The number of methoxy groups -OCH3 is 1. The van der Waals surface area contributed by atoms with Crippen molar-refractivity contribution in [1.82, 2.24) is 25.0 Å². The summed E-state index contributed by atoms with van der Waals surface area (Å²) in [5.74, 6) is 1.33. The second kappa shape index (κ2) is 7.14. The molecule has 138 valence electrons. The van der Waals surface area contributed by atoms with E-state index in [1.807, 2.05) is 37.4 Å². The van der Waals surface area contributed by atoms with Crippen molar-refractivity contribution < 1.29 is 9.53 Å². The van der Waals surface area contributed by atoms with Gasteiger partial charge in [0.2, 0.25) is 0 Å². The van der Waals surface area contributed by atoms with Crippen LogP contribution in [0.25, 0.3) is 5.82 Å². The van der Waals surface area contributed by atoms with Crippen molar-refractivity contribution in [3.05, 3.63) is 59.2 Å². The van der Waals surface area contributed by atoms with Crippen molar-refractivity contribution in [2.24, 2.45) is 0 Å². The maximum atomic E-state index is 11.9. The Bertz CT molecular complexity index is 963. The number of aromatic nitrogens is 5. The fourth-order valence-electron chi connectivity index (χ4n) is 2.83. The van der Waals surface area contributed by atoms with Crippen LogP contribution in [0.5, 0.6) is 0 Å². The molecule has 0 bridgehead atoms. The van der Waals surface area contributed by atoms with Gasteiger partial charge in [-0.1, -0.05) is 0 Å². The summed E-state index contributed by atoms with van der Waals surface area (Å²) < 4.78 is 6.53. The molecule has 0 radical (unpaired) electrons. The topological polar surface area (TPSA) is 94.8 Å². The third kappa shape index (κ3) is 3.79. The van der Waals surface area contributed by atoms with E-state index < -0.39 is 0 Å². The van der Waals surface area contributed by atoms with Crippen LogP contribution in [-0.2, 0) is 11.3 Å². The van der Waals surface area contributed by atoms with Gasteiger partial charge in [0.25, 0.3) is 0 Å². The number of esters is 1. The molecule has 4 rings (SSSR count). The highest BCUT2D eigenvalue weighted by Gasteiger charge is 2.30. The zero-order chi connectivity index (χ0) is 18.8. The molecule has 1 N–H and O–H groups in total. The van der Waals surface area contributed by atoms with Crippen LogP contribution in [0.4, 0.5) is 5.82 Å². The van der Waals surface area contributed by atoms with Gasteiger partial charge in [-0.15, -0.1) is 10.2 Å². The van der Waals surface area contributed by atoms with Gasteiger partial charge in [0.1, 0.15) is 5.82 Å². The average Bonchev–Trinajstić information content (AvgIpc) is 3.46. The van der Waals surface area contributed by atoms with Gasteiger partial charge in [0.15, 0.2) is 5.82 Å². The number of hydrogen-bond acceptors (Lipinski definition) is 7. The zero-order valence-electron chi connectivity index (χ0n) is 15.2. The first kappa shape index (κ1) is 17.1. The van der Waals surface area contributed by atoms with Crippen molar-refractivity contribution in [2.75, 3.05) is 12.4 Å². The third-order valence-electron chi connectivity index (χ3n) is 4.41. The first-order chi connectivity index (χ1) is 13.1. The Morgan fingerprint density at radius 2 is 2.07 bits per heavy atom. The number of rotatable bonds is 6.